The minimum atomic E-state index is -1.32. The molecule has 0 radical (unpaired) electrons. The van der Waals surface area contributed by atoms with Crippen molar-refractivity contribution >= 4 is 12.1 Å². The highest BCUT2D eigenvalue weighted by atomic mass is 19.1. The van der Waals surface area contributed by atoms with Gasteiger partial charge in [-0.25, -0.2) is 14.0 Å². The van der Waals surface area contributed by atoms with Crippen LogP contribution in [0.2, 0.25) is 0 Å². The van der Waals surface area contributed by atoms with E-state index in [1.54, 1.807) is 0 Å². The number of nitrogens with one attached hydrogen (secondary N) is 1. The van der Waals surface area contributed by atoms with Crippen LogP contribution in [0.4, 0.5) is 9.18 Å². The standard InChI is InChI=1S/C24H20FNO5/c25-15-9-11-16(12-10-15)30-14-22(23(27)28)26-24(29)31-13-21-19-7-3-1-5-17(19)18-6-2-4-8-20(18)21/h1-12,21-22H,13-14H2,(H,26,29)(H,27,28)/t22-/m1/s1. The molecule has 6 nitrogen and oxygen atoms in total. The van der Waals surface area contributed by atoms with Crippen LogP contribution in [0.5, 0.6) is 5.75 Å². The van der Waals surface area contributed by atoms with Crippen molar-refractivity contribution in [3.63, 3.8) is 0 Å². The first-order valence-electron chi connectivity index (χ1n) is 9.75. The summed E-state index contributed by atoms with van der Waals surface area (Å²) < 4.78 is 23.7. The Hall–Kier alpha value is -3.87. The second kappa shape index (κ2) is 8.87. The molecule has 3 aromatic rings. The summed E-state index contributed by atoms with van der Waals surface area (Å²) in [6.07, 6.45) is -0.850. The van der Waals surface area contributed by atoms with Crippen LogP contribution in [0.15, 0.2) is 72.8 Å². The van der Waals surface area contributed by atoms with Gasteiger partial charge < -0.3 is 19.9 Å². The van der Waals surface area contributed by atoms with E-state index in [0.717, 1.165) is 22.3 Å². The summed E-state index contributed by atoms with van der Waals surface area (Å²) in [4.78, 5) is 23.8. The molecule has 1 atom stereocenters. The first-order chi connectivity index (χ1) is 15.0. The summed E-state index contributed by atoms with van der Waals surface area (Å²) in [7, 11) is 0. The quantitative estimate of drug-likeness (QED) is 0.597. The molecule has 0 fully saturated rings. The Labute approximate surface area is 178 Å². The fourth-order valence-corrected chi connectivity index (χ4v) is 3.67. The number of amides is 1. The van der Waals surface area contributed by atoms with E-state index < -0.39 is 23.9 Å². The normalized spacial score (nSPS) is 13.1. The van der Waals surface area contributed by atoms with Gasteiger partial charge in [0.15, 0.2) is 6.04 Å². The van der Waals surface area contributed by atoms with Gasteiger partial charge in [-0.1, -0.05) is 48.5 Å². The average molecular weight is 421 g/mol. The lowest BCUT2D eigenvalue weighted by molar-refractivity contribution is -0.140. The molecule has 2 N–H and O–H groups in total. The van der Waals surface area contributed by atoms with Crippen molar-refractivity contribution in [3.8, 4) is 16.9 Å². The predicted octanol–water partition coefficient (Wildman–Crippen LogP) is 4.20. The van der Waals surface area contributed by atoms with Crippen LogP contribution in [0.1, 0.15) is 17.0 Å². The van der Waals surface area contributed by atoms with Crippen molar-refractivity contribution in [2.45, 2.75) is 12.0 Å². The molecule has 1 aliphatic rings. The van der Waals surface area contributed by atoms with Crippen LogP contribution < -0.4 is 10.1 Å². The molecule has 0 aliphatic heterocycles. The zero-order valence-corrected chi connectivity index (χ0v) is 16.5. The molecule has 0 spiro atoms. The van der Waals surface area contributed by atoms with E-state index in [9.17, 15) is 19.1 Å². The van der Waals surface area contributed by atoms with Gasteiger partial charge >= 0.3 is 12.1 Å². The molecule has 0 heterocycles. The Morgan fingerprint density at radius 1 is 0.935 bits per heavy atom. The van der Waals surface area contributed by atoms with Gasteiger partial charge in [0, 0.05) is 5.92 Å². The zero-order valence-electron chi connectivity index (χ0n) is 16.5. The van der Waals surface area contributed by atoms with Crippen molar-refractivity contribution in [1.29, 1.82) is 0 Å². The summed E-state index contributed by atoms with van der Waals surface area (Å²) in [5.41, 5.74) is 4.32. The van der Waals surface area contributed by atoms with Crippen LogP contribution >= 0.6 is 0 Å². The van der Waals surface area contributed by atoms with Crippen molar-refractivity contribution in [2.75, 3.05) is 13.2 Å². The molecule has 158 valence electrons. The highest BCUT2D eigenvalue weighted by Gasteiger charge is 2.29. The summed E-state index contributed by atoms with van der Waals surface area (Å²) in [6, 6.07) is 19.7. The van der Waals surface area contributed by atoms with Gasteiger partial charge in [-0.2, -0.15) is 0 Å². The summed E-state index contributed by atoms with van der Waals surface area (Å²) in [5.74, 6) is -1.53. The number of alkyl carbamates (subject to hydrolysis) is 1. The predicted molar refractivity (Wildman–Crippen MR) is 112 cm³/mol. The molecule has 31 heavy (non-hydrogen) atoms. The number of halogens is 1. The molecular formula is C24H20FNO5. The molecule has 0 unspecified atom stereocenters. The number of aliphatic carboxylic acids is 1. The number of rotatable bonds is 7. The van der Waals surface area contributed by atoms with Crippen molar-refractivity contribution < 1.29 is 28.6 Å². The van der Waals surface area contributed by atoms with E-state index in [2.05, 4.69) is 5.32 Å². The molecule has 0 saturated carbocycles. The van der Waals surface area contributed by atoms with E-state index in [1.807, 2.05) is 48.5 Å². The van der Waals surface area contributed by atoms with Crippen molar-refractivity contribution in [2.24, 2.45) is 0 Å². The maximum absolute atomic E-state index is 13.0. The number of fused-ring (bicyclic) bond motifs is 3. The van der Waals surface area contributed by atoms with E-state index >= 15 is 0 Å². The van der Waals surface area contributed by atoms with Gasteiger partial charge in [0.05, 0.1) is 0 Å². The lowest BCUT2D eigenvalue weighted by atomic mass is 9.98. The minimum absolute atomic E-state index is 0.0744. The number of hydrogen-bond acceptors (Lipinski definition) is 4. The van der Waals surface area contributed by atoms with Crippen LogP contribution in [0.3, 0.4) is 0 Å². The van der Waals surface area contributed by atoms with Crippen molar-refractivity contribution in [1.82, 2.24) is 5.32 Å². The smallest absolute Gasteiger partial charge is 0.407 e. The molecular weight excluding hydrogens is 401 g/mol. The third kappa shape index (κ3) is 4.50. The van der Waals surface area contributed by atoms with Gasteiger partial charge in [0.25, 0.3) is 0 Å². The highest BCUT2D eigenvalue weighted by molar-refractivity contribution is 5.81. The SMILES string of the molecule is O=C(N[C@H](COc1ccc(F)cc1)C(=O)O)OCC1c2ccccc2-c2ccccc21. The molecule has 0 aromatic heterocycles. The largest absolute Gasteiger partial charge is 0.491 e. The van der Waals surface area contributed by atoms with Crippen molar-refractivity contribution in [3.05, 3.63) is 89.7 Å². The van der Waals surface area contributed by atoms with Crippen LogP contribution in [0.25, 0.3) is 11.1 Å². The monoisotopic (exact) mass is 421 g/mol. The van der Waals surface area contributed by atoms with Crippen LogP contribution in [-0.2, 0) is 9.53 Å². The molecule has 7 heteroatoms. The lowest BCUT2D eigenvalue weighted by Gasteiger charge is -2.18. The Kier molecular flexibility index (Phi) is 5.84. The molecule has 1 amide bonds. The van der Waals surface area contributed by atoms with Gasteiger partial charge in [-0.05, 0) is 46.5 Å². The van der Waals surface area contributed by atoms with E-state index in [4.69, 9.17) is 9.47 Å². The molecule has 1 aliphatic carbocycles. The van der Waals surface area contributed by atoms with E-state index in [-0.39, 0.29) is 19.1 Å². The number of ether oxygens (including phenoxy) is 2. The maximum atomic E-state index is 13.0. The average Bonchev–Trinajstić information content (AvgIpc) is 3.10. The Morgan fingerprint density at radius 2 is 1.52 bits per heavy atom. The lowest BCUT2D eigenvalue weighted by Crippen LogP contribution is -2.45. The minimum Gasteiger partial charge on any atom is -0.491 e. The summed E-state index contributed by atoms with van der Waals surface area (Å²) >= 11 is 0. The first kappa shape index (κ1) is 20.4. The van der Waals surface area contributed by atoms with Crippen LogP contribution in [0, 0.1) is 5.82 Å². The molecule has 0 bridgehead atoms. The molecule has 4 rings (SSSR count). The van der Waals surface area contributed by atoms with Gasteiger partial charge in [-0.15, -0.1) is 0 Å². The topological polar surface area (TPSA) is 84.9 Å². The number of benzene rings is 3. The summed E-state index contributed by atoms with van der Waals surface area (Å²) in [6.45, 7) is -0.254. The highest BCUT2D eigenvalue weighted by Crippen LogP contribution is 2.44. The maximum Gasteiger partial charge on any atom is 0.407 e. The van der Waals surface area contributed by atoms with Gasteiger partial charge in [0.2, 0.25) is 0 Å². The number of carbonyl (C=O) groups is 2. The number of carbonyl (C=O) groups excluding carboxylic acids is 1. The number of carboxylic acids is 1. The molecule has 3 aromatic carbocycles. The van der Waals surface area contributed by atoms with Crippen LogP contribution in [-0.4, -0.2) is 36.4 Å². The number of carboxylic acid groups (broad SMARTS) is 1. The van der Waals surface area contributed by atoms with E-state index in [1.165, 1.54) is 24.3 Å². The van der Waals surface area contributed by atoms with E-state index in [0.29, 0.717) is 5.75 Å². The Balaban J connectivity index is 1.38. The fourth-order valence-electron chi connectivity index (χ4n) is 3.67. The Morgan fingerprint density at radius 3 is 2.10 bits per heavy atom. The molecule has 0 saturated heterocycles. The van der Waals surface area contributed by atoms with Gasteiger partial charge in [0.1, 0.15) is 24.8 Å². The third-order valence-corrected chi connectivity index (χ3v) is 5.16. The second-order valence-corrected chi connectivity index (χ2v) is 7.13. The third-order valence-electron chi connectivity index (χ3n) is 5.16. The first-order valence-corrected chi connectivity index (χ1v) is 9.75. The fraction of sp³-hybridized carbons (Fsp3) is 0.167. The van der Waals surface area contributed by atoms with Gasteiger partial charge in [-0.3, -0.25) is 0 Å². The Bertz CT molecular complexity index is 1050. The number of hydrogen-bond donors (Lipinski definition) is 2. The summed E-state index contributed by atoms with van der Waals surface area (Å²) in [5, 5.41) is 11.7. The zero-order chi connectivity index (χ0) is 21.8. The second-order valence-electron chi connectivity index (χ2n) is 7.13.